The molecular formula is C21H29N3O4. The minimum atomic E-state index is -0.779. The summed E-state index contributed by atoms with van der Waals surface area (Å²) in [5.74, 6) is -0.719. The van der Waals surface area contributed by atoms with E-state index in [1.807, 2.05) is 26.0 Å². The number of amides is 3. The Labute approximate surface area is 165 Å². The molecule has 0 unspecified atom stereocenters. The standard InChI is InChI=1S/C21H29N3O4/c1-3-23(4-2)18(25)16-9-7-15(8-10-16)12-22-20(28)24-13-17-6-5-11-21(17,14-24)19(26)27/h7-10,17H,3-6,11-14H2,1-2H3,(H,22,28)(H,26,27)/t17-,21+/m0/s1. The molecule has 2 atom stereocenters. The topological polar surface area (TPSA) is 90.0 Å². The zero-order valence-corrected chi connectivity index (χ0v) is 16.6. The van der Waals surface area contributed by atoms with E-state index in [9.17, 15) is 19.5 Å². The number of carbonyl (C=O) groups is 3. The average molecular weight is 387 g/mol. The van der Waals surface area contributed by atoms with Crippen LogP contribution in [0.3, 0.4) is 0 Å². The third-order valence-corrected chi connectivity index (χ3v) is 6.28. The van der Waals surface area contributed by atoms with Crippen LogP contribution < -0.4 is 5.32 Å². The number of aliphatic carboxylic acids is 1. The van der Waals surface area contributed by atoms with Crippen LogP contribution in [0.1, 0.15) is 49.0 Å². The van der Waals surface area contributed by atoms with Gasteiger partial charge in [0.05, 0.1) is 5.41 Å². The van der Waals surface area contributed by atoms with Crippen molar-refractivity contribution in [2.45, 2.75) is 39.7 Å². The molecule has 2 fully saturated rings. The molecule has 3 rings (SSSR count). The summed E-state index contributed by atoms with van der Waals surface area (Å²) >= 11 is 0. The number of carboxylic acids is 1. The molecule has 1 saturated heterocycles. The highest BCUT2D eigenvalue weighted by Crippen LogP contribution is 2.48. The van der Waals surface area contributed by atoms with Crippen LogP contribution >= 0.6 is 0 Å². The van der Waals surface area contributed by atoms with Crippen LogP contribution in [0.5, 0.6) is 0 Å². The van der Waals surface area contributed by atoms with Gasteiger partial charge in [-0.2, -0.15) is 0 Å². The van der Waals surface area contributed by atoms with Crippen molar-refractivity contribution in [1.82, 2.24) is 15.1 Å². The Morgan fingerprint density at radius 3 is 2.46 bits per heavy atom. The molecule has 1 aliphatic carbocycles. The molecule has 0 aromatic heterocycles. The number of urea groups is 1. The van der Waals surface area contributed by atoms with Crippen molar-refractivity contribution in [3.05, 3.63) is 35.4 Å². The van der Waals surface area contributed by atoms with E-state index >= 15 is 0 Å². The second-order valence-electron chi connectivity index (χ2n) is 7.76. The van der Waals surface area contributed by atoms with E-state index in [2.05, 4.69) is 5.32 Å². The number of nitrogens with zero attached hydrogens (tertiary/aromatic N) is 2. The molecule has 2 N–H and O–H groups in total. The second-order valence-corrected chi connectivity index (χ2v) is 7.76. The minimum Gasteiger partial charge on any atom is -0.481 e. The Hall–Kier alpha value is -2.57. The summed E-state index contributed by atoms with van der Waals surface area (Å²) in [6, 6.07) is 7.02. The van der Waals surface area contributed by atoms with Gasteiger partial charge in [0.1, 0.15) is 0 Å². The lowest BCUT2D eigenvalue weighted by molar-refractivity contribution is -0.149. The van der Waals surface area contributed by atoms with Gasteiger partial charge in [-0.05, 0) is 50.3 Å². The maximum atomic E-state index is 12.5. The lowest BCUT2D eigenvalue weighted by atomic mass is 9.81. The molecule has 0 bridgehead atoms. The number of hydrogen-bond donors (Lipinski definition) is 2. The number of nitrogens with one attached hydrogen (secondary N) is 1. The van der Waals surface area contributed by atoms with Gasteiger partial charge in [0.2, 0.25) is 0 Å². The van der Waals surface area contributed by atoms with Crippen LogP contribution in [0, 0.1) is 11.3 Å². The fraction of sp³-hybridized carbons (Fsp3) is 0.571. The van der Waals surface area contributed by atoms with Crippen LogP contribution in [0.2, 0.25) is 0 Å². The molecule has 2 aliphatic rings. The average Bonchev–Trinajstić information content (AvgIpc) is 3.26. The molecule has 7 heteroatoms. The maximum Gasteiger partial charge on any atom is 0.317 e. The summed E-state index contributed by atoms with van der Waals surface area (Å²) in [5, 5.41) is 12.5. The largest absolute Gasteiger partial charge is 0.481 e. The van der Waals surface area contributed by atoms with Crippen LogP contribution in [-0.4, -0.2) is 59.0 Å². The maximum absolute atomic E-state index is 12.5. The smallest absolute Gasteiger partial charge is 0.317 e. The summed E-state index contributed by atoms with van der Waals surface area (Å²) in [7, 11) is 0. The lowest BCUT2D eigenvalue weighted by Gasteiger charge is -2.23. The molecule has 1 aliphatic heterocycles. The molecule has 3 amide bonds. The number of hydrogen-bond acceptors (Lipinski definition) is 3. The Morgan fingerprint density at radius 1 is 1.21 bits per heavy atom. The van der Waals surface area contributed by atoms with Gasteiger partial charge in [-0.15, -0.1) is 0 Å². The first kappa shape index (κ1) is 20.2. The van der Waals surface area contributed by atoms with E-state index in [-0.39, 0.29) is 24.4 Å². The number of likely N-dealkylation sites (tertiary alicyclic amines) is 1. The van der Waals surface area contributed by atoms with Crippen molar-refractivity contribution < 1.29 is 19.5 Å². The Kier molecular flexibility index (Phi) is 5.91. The van der Waals surface area contributed by atoms with E-state index in [1.54, 1.807) is 21.9 Å². The van der Waals surface area contributed by atoms with Crippen molar-refractivity contribution in [2.24, 2.45) is 11.3 Å². The third-order valence-electron chi connectivity index (χ3n) is 6.28. The number of carbonyl (C=O) groups excluding carboxylic acids is 2. The van der Waals surface area contributed by atoms with Gasteiger partial charge in [-0.3, -0.25) is 9.59 Å². The number of benzene rings is 1. The molecule has 1 aromatic carbocycles. The zero-order valence-electron chi connectivity index (χ0n) is 16.6. The van der Waals surface area contributed by atoms with Gasteiger partial charge >= 0.3 is 12.0 Å². The lowest BCUT2D eigenvalue weighted by Crippen LogP contribution is -2.41. The summed E-state index contributed by atoms with van der Waals surface area (Å²) in [4.78, 5) is 40.0. The molecular weight excluding hydrogens is 358 g/mol. The van der Waals surface area contributed by atoms with Crippen LogP contribution in [0.25, 0.3) is 0 Å². The quantitative estimate of drug-likeness (QED) is 0.785. The zero-order chi connectivity index (χ0) is 20.3. The van der Waals surface area contributed by atoms with Crippen molar-refractivity contribution in [2.75, 3.05) is 26.2 Å². The van der Waals surface area contributed by atoms with E-state index in [1.165, 1.54) is 0 Å². The van der Waals surface area contributed by atoms with Crippen LogP contribution in [0.15, 0.2) is 24.3 Å². The molecule has 1 heterocycles. The number of carboxylic acid groups (broad SMARTS) is 1. The first-order chi connectivity index (χ1) is 13.4. The van der Waals surface area contributed by atoms with Gasteiger partial charge < -0.3 is 20.2 Å². The van der Waals surface area contributed by atoms with Crippen molar-refractivity contribution in [3.8, 4) is 0 Å². The van der Waals surface area contributed by atoms with Crippen LogP contribution in [-0.2, 0) is 11.3 Å². The highest BCUT2D eigenvalue weighted by Gasteiger charge is 2.55. The van der Waals surface area contributed by atoms with E-state index < -0.39 is 11.4 Å². The predicted molar refractivity (Wildman–Crippen MR) is 105 cm³/mol. The summed E-state index contributed by atoms with van der Waals surface area (Å²) in [6.07, 6.45) is 2.45. The molecule has 0 radical (unpaired) electrons. The molecule has 0 spiro atoms. The van der Waals surface area contributed by atoms with Gasteiger partial charge in [-0.25, -0.2) is 4.79 Å². The minimum absolute atomic E-state index is 0.00293. The van der Waals surface area contributed by atoms with Gasteiger partial charge in [0, 0.05) is 38.3 Å². The summed E-state index contributed by atoms with van der Waals surface area (Å²) in [6.45, 7) is 6.38. The first-order valence-corrected chi connectivity index (χ1v) is 10.1. The van der Waals surface area contributed by atoms with E-state index in [0.29, 0.717) is 38.2 Å². The monoisotopic (exact) mass is 387 g/mol. The fourth-order valence-corrected chi connectivity index (χ4v) is 4.54. The first-order valence-electron chi connectivity index (χ1n) is 10.1. The summed E-state index contributed by atoms with van der Waals surface area (Å²) < 4.78 is 0. The second kappa shape index (κ2) is 8.20. The highest BCUT2D eigenvalue weighted by atomic mass is 16.4. The number of rotatable bonds is 6. The molecule has 1 saturated carbocycles. The van der Waals surface area contributed by atoms with Gasteiger partial charge in [0.15, 0.2) is 0 Å². The van der Waals surface area contributed by atoms with Crippen molar-refractivity contribution in [3.63, 3.8) is 0 Å². The normalized spacial score (nSPS) is 23.4. The predicted octanol–water partition coefficient (Wildman–Crippen LogP) is 2.56. The van der Waals surface area contributed by atoms with Gasteiger partial charge in [0.25, 0.3) is 5.91 Å². The molecule has 7 nitrogen and oxygen atoms in total. The Balaban J connectivity index is 1.55. The van der Waals surface area contributed by atoms with E-state index in [4.69, 9.17) is 0 Å². The Bertz CT molecular complexity index is 745. The van der Waals surface area contributed by atoms with Gasteiger partial charge in [-0.1, -0.05) is 18.6 Å². The third kappa shape index (κ3) is 3.70. The SMILES string of the molecule is CCN(CC)C(=O)c1ccc(CNC(=O)N2C[C@@H]3CCC[C@@]3(C(=O)O)C2)cc1. The van der Waals surface area contributed by atoms with Crippen molar-refractivity contribution in [1.29, 1.82) is 0 Å². The fourth-order valence-electron chi connectivity index (χ4n) is 4.54. The Morgan fingerprint density at radius 2 is 1.89 bits per heavy atom. The van der Waals surface area contributed by atoms with E-state index in [0.717, 1.165) is 18.4 Å². The van der Waals surface area contributed by atoms with Crippen LogP contribution in [0.4, 0.5) is 4.79 Å². The molecule has 1 aromatic rings. The molecule has 28 heavy (non-hydrogen) atoms. The summed E-state index contributed by atoms with van der Waals surface area (Å²) in [5.41, 5.74) is 0.773. The highest BCUT2D eigenvalue weighted by molar-refractivity contribution is 5.94. The van der Waals surface area contributed by atoms with Crippen molar-refractivity contribution >= 4 is 17.9 Å². The number of fused-ring (bicyclic) bond motifs is 1. The molecule has 152 valence electrons.